The van der Waals surface area contributed by atoms with Gasteiger partial charge in [0.25, 0.3) is 5.91 Å². The van der Waals surface area contributed by atoms with Gasteiger partial charge in [-0.1, -0.05) is 17.7 Å². The molecule has 1 amide bonds. The van der Waals surface area contributed by atoms with E-state index in [4.69, 9.17) is 11.6 Å². The smallest absolute Gasteiger partial charge is 0.321 e. The first kappa shape index (κ1) is 19.3. The summed E-state index contributed by atoms with van der Waals surface area (Å²) in [6, 6.07) is 12.6. The minimum atomic E-state index is -4.46. The fourth-order valence-electron chi connectivity index (χ4n) is 3.59. The average molecular weight is 417 g/mol. The molecule has 0 fully saturated rings. The van der Waals surface area contributed by atoms with E-state index in [2.05, 4.69) is 5.32 Å². The lowest BCUT2D eigenvalue weighted by Crippen LogP contribution is -2.06. The molecule has 1 aromatic heterocycles. The normalized spacial score (nSPS) is 15.0. The van der Waals surface area contributed by atoms with Crippen LogP contribution in [-0.2, 0) is 11.0 Å². The van der Waals surface area contributed by atoms with Crippen LogP contribution in [0, 0.1) is 13.8 Å². The maximum Gasteiger partial charge on any atom is 0.416 e. The number of rotatable bonds is 2. The van der Waals surface area contributed by atoms with Gasteiger partial charge in [-0.05, 0) is 68.0 Å². The Morgan fingerprint density at radius 2 is 1.72 bits per heavy atom. The standard InChI is InChI=1S/C22H16ClF3N2O/c1-12-9-14(13(2)28(12)17-6-4-16(23)5-7-17)10-19-18-8-3-15(22(24,25)26)11-20(18)27-21(19)29/h3-11H,1-2H3,(H,27,29)/b19-10+. The van der Waals surface area contributed by atoms with Crippen molar-refractivity contribution in [3.05, 3.63) is 81.6 Å². The predicted molar refractivity (Wildman–Crippen MR) is 108 cm³/mol. The number of aromatic nitrogens is 1. The number of hydrogen-bond donors (Lipinski definition) is 1. The Morgan fingerprint density at radius 3 is 2.38 bits per heavy atom. The van der Waals surface area contributed by atoms with E-state index >= 15 is 0 Å². The van der Waals surface area contributed by atoms with Crippen LogP contribution < -0.4 is 5.32 Å². The van der Waals surface area contributed by atoms with Crippen LogP contribution in [0.3, 0.4) is 0 Å². The molecule has 0 bridgehead atoms. The van der Waals surface area contributed by atoms with Gasteiger partial charge in [0.05, 0.1) is 5.56 Å². The third-order valence-corrected chi connectivity index (χ3v) is 5.24. The van der Waals surface area contributed by atoms with Crippen molar-refractivity contribution in [3.63, 3.8) is 0 Å². The van der Waals surface area contributed by atoms with Crippen molar-refractivity contribution < 1.29 is 18.0 Å². The van der Waals surface area contributed by atoms with Gasteiger partial charge in [0.15, 0.2) is 0 Å². The minimum Gasteiger partial charge on any atom is -0.321 e. The van der Waals surface area contributed by atoms with Crippen LogP contribution in [0.1, 0.15) is 28.1 Å². The summed E-state index contributed by atoms with van der Waals surface area (Å²) in [4.78, 5) is 12.4. The maximum absolute atomic E-state index is 12.9. The molecule has 3 nitrogen and oxygen atoms in total. The molecule has 0 spiro atoms. The molecule has 0 unspecified atom stereocenters. The molecule has 7 heteroatoms. The molecule has 2 aromatic carbocycles. The largest absolute Gasteiger partial charge is 0.416 e. The van der Waals surface area contributed by atoms with Crippen LogP contribution >= 0.6 is 11.6 Å². The number of benzene rings is 2. The molecule has 148 valence electrons. The monoisotopic (exact) mass is 416 g/mol. The molecule has 0 saturated heterocycles. The first-order valence-corrected chi connectivity index (χ1v) is 9.22. The average Bonchev–Trinajstić information content (AvgIpc) is 3.11. The highest BCUT2D eigenvalue weighted by Gasteiger charge is 2.33. The van der Waals surface area contributed by atoms with Crippen molar-refractivity contribution in [1.82, 2.24) is 4.57 Å². The second-order valence-electron chi connectivity index (χ2n) is 6.91. The van der Waals surface area contributed by atoms with E-state index in [-0.39, 0.29) is 5.69 Å². The molecule has 1 N–H and O–H groups in total. The van der Waals surface area contributed by atoms with Crippen LogP contribution in [0.15, 0.2) is 48.5 Å². The highest BCUT2D eigenvalue weighted by Crippen LogP contribution is 2.39. The van der Waals surface area contributed by atoms with Crippen molar-refractivity contribution >= 4 is 34.8 Å². The number of halogens is 4. The molecule has 1 aliphatic rings. The molecule has 1 aliphatic heterocycles. The third-order valence-electron chi connectivity index (χ3n) is 4.98. The summed E-state index contributed by atoms with van der Waals surface area (Å²) < 4.78 is 40.9. The van der Waals surface area contributed by atoms with Gasteiger partial charge in [-0.25, -0.2) is 0 Å². The number of anilines is 1. The maximum atomic E-state index is 12.9. The molecule has 2 heterocycles. The van der Waals surface area contributed by atoms with Crippen LogP contribution in [0.2, 0.25) is 5.02 Å². The van der Waals surface area contributed by atoms with E-state index in [0.29, 0.717) is 16.2 Å². The number of alkyl halides is 3. The number of aryl methyl sites for hydroxylation is 1. The van der Waals surface area contributed by atoms with E-state index in [1.165, 1.54) is 6.07 Å². The number of nitrogens with one attached hydrogen (secondary N) is 1. The molecule has 0 radical (unpaired) electrons. The van der Waals surface area contributed by atoms with Crippen LogP contribution in [0.4, 0.5) is 18.9 Å². The fraction of sp³-hybridized carbons (Fsp3) is 0.136. The van der Waals surface area contributed by atoms with Gasteiger partial charge >= 0.3 is 6.18 Å². The third kappa shape index (κ3) is 3.44. The van der Waals surface area contributed by atoms with Gasteiger partial charge in [0.1, 0.15) is 0 Å². The van der Waals surface area contributed by atoms with Gasteiger partial charge in [-0.3, -0.25) is 4.79 Å². The Bertz CT molecular complexity index is 1160. The van der Waals surface area contributed by atoms with E-state index in [9.17, 15) is 18.0 Å². The SMILES string of the molecule is Cc1cc(/C=C2/C(=O)Nc3cc(C(F)(F)F)ccc32)c(C)n1-c1ccc(Cl)cc1. The summed E-state index contributed by atoms with van der Waals surface area (Å²) in [6.07, 6.45) is -2.75. The van der Waals surface area contributed by atoms with Crippen molar-refractivity contribution in [2.24, 2.45) is 0 Å². The van der Waals surface area contributed by atoms with Gasteiger partial charge in [0, 0.05) is 38.9 Å². The van der Waals surface area contributed by atoms with Gasteiger partial charge in [-0.15, -0.1) is 0 Å². The summed E-state index contributed by atoms with van der Waals surface area (Å²) in [6.45, 7) is 3.87. The number of hydrogen-bond acceptors (Lipinski definition) is 1. The Balaban J connectivity index is 1.78. The molecule has 4 rings (SSSR count). The summed E-state index contributed by atoms with van der Waals surface area (Å²) >= 11 is 5.97. The first-order chi connectivity index (χ1) is 13.6. The number of carbonyl (C=O) groups excluding carboxylic acids is 1. The van der Waals surface area contributed by atoms with Gasteiger partial charge in [0.2, 0.25) is 0 Å². The van der Waals surface area contributed by atoms with E-state index in [0.717, 1.165) is 34.8 Å². The second-order valence-corrected chi connectivity index (χ2v) is 7.34. The second kappa shape index (κ2) is 6.81. The summed E-state index contributed by atoms with van der Waals surface area (Å²) in [5.41, 5.74) is 3.79. The Morgan fingerprint density at radius 1 is 1.03 bits per heavy atom. The highest BCUT2D eigenvalue weighted by atomic mass is 35.5. The zero-order chi connectivity index (χ0) is 20.9. The Hall–Kier alpha value is -2.99. The molecular weight excluding hydrogens is 401 g/mol. The number of carbonyl (C=O) groups is 1. The zero-order valence-electron chi connectivity index (χ0n) is 15.6. The van der Waals surface area contributed by atoms with Gasteiger partial charge in [-0.2, -0.15) is 13.2 Å². The van der Waals surface area contributed by atoms with Crippen LogP contribution in [-0.4, -0.2) is 10.5 Å². The summed E-state index contributed by atoms with van der Waals surface area (Å²) in [5, 5.41) is 3.17. The molecule has 0 saturated carbocycles. The minimum absolute atomic E-state index is 0.169. The van der Waals surface area contributed by atoms with Crippen molar-refractivity contribution in [2.45, 2.75) is 20.0 Å². The quantitative estimate of drug-likeness (QED) is 0.491. The van der Waals surface area contributed by atoms with E-state index in [1.54, 1.807) is 18.2 Å². The van der Waals surface area contributed by atoms with Gasteiger partial charge < -0.3 is 9.88 Å². The highest BCUT2D eigenvalue weighted by molar-refractivity contribution is 6.35. The molecule has 0 aliphatic carbocycles. The summed E-state index contributed by atoms with van der Waals surface area (Å²) in [5.74, 6) is -0.421. The van der Waals surface area contributed by atoms with Crippen molar-refractivity contribution in [3.8, 4) is 5.69 Å². The van der Waals surface area contributed by atoms with Crippen molar-refractivity contribution in [1.29, 1.82) is 0 Å². The van der Waals surface area contributed by atoms with Crippen molar-refractivity contribution in [2.75, 3.05) is 5.32 Å². The number of fused-ring (bicyclic) bond motifs is 1. The molecule has 0 atom stereocenters. The van der Waals surface area contributed by atoms with E-state index in [1.807, 2.05) is 36.6 Å². The number of amides is 1. The fourth-order valence-corrected chi connectivity index (χ4v) is 3.72. The topological polar surface area (TPSA) is 34.0 Å². The zero-order valence-corrected chi connectivity index (χ0v) is 16.3. The van der Waals surface area contributed by atoms with E-state index < -0.39 is 17.6 Å². The van der Waals surface area contributed by atoms with Crippen LogP contribution in [0.25, 0.3) is 17.3 Å². The lowest BCUT2D eigenvalue weighted by Gasteiger charge is -2.10. The predicted octanol–water partition coefficient (Wildman–Crippen LogP) is 6.26. The Kier molecular flexibility index (Phi) is 4.54. The first-order valence-electron chi connectivity index (χ1n) is 8.84. The Labute approximate surface area is 170 Å². The lowest BCUT2D eigenvalue weighted by atomic mass is 10.0. The molecule has 3 aromatic rings. The summed E-state index contributed by atoms with van der Waals surface area (Å²) in [7, 11) is 0. The lowest BCUT2D eigenvalue weighted by molar-refractivity contribution is -0.137. The molecular formula is C22H16ClF3N2O. The number of nitrogens with zero attached hydrogens (tertiary/aromatic N) is 1. The van der Waals surface area contributed by atoms with Crippen LogP contribution in [0.5, 0.6) is 0 Å². The molecule has 29 heavy (non-hydrogen) atoms.